The summed E-state index contributed by atoms with van der Waals surface area (Å²) in [6.45, 7) is 0. The second-order valence-electron chi connectivity index (χ2n) is 11.3. The molecule has 0 aliphatic carbocycles. The van der Waals surface area contributed by atoms with Crippen molar-refractivity contribution in [3.8, 4) is 11.3 Å². The minimum atomic E-state index is -0.834. The smallest absolute Gasteiger partial charge is 0.358 e. The van der Waals surface area contributed by atoms with E-state index in [1.54, 1.807) is 24.4 Å². The summed E-state index contributed by atoms with van der Waals surface area (Å²) < 4.78 is 25.8. The molecule has 0 N–H and O–H groups in total. The van der Waals surface area contributed by atoms with E-state index in [1.807, 2.05) is 0 Å². The van der Waals surface area contributed by atoms with E-state index >= 15 is 0 Å². The van der Waals surface area contributed by atoms with Crippen LogP contribution in [0.25, 0.3) is 11.3 Å². The summed E-state index contributed by atoms with van der Waals surface area (Å²) >= 11 is 0. The quantitative estimate of drug-likeness (QED) is 0.0884. The molecule has 268 valence electrons. The van der Waals surface area contributed by atoms with Crippen molar-refractivity contribution in [3.63, 3.8) is 0 Å². The Bertz CT molecular complexity index is 1930. The van der Waals surface area contributed by atoms with E-state index in [9.17, 15) is 8.78 Å². The Balaban J connectivity index is 0.000000210. The maximum atomic E-state index is 13.2. The summed E-state index contributed by atoms with van der Waals surface area (Å²) in [7, 11) is -1.67. The summed E-state index contributed by atoms with van der Waals surface area (Å²) in [5, 5.41) is 8.69. The number of hydrogen-bond donors (Lipinski definition) is 0. The molecule has 53 heavy (non-hydrogen) atoms. The van der Waals surface area contributed by atoms with E-state index in [4.69, 9.17) is 0 Å². The Morgan fingerprint density at radius 2 is 0.906 bits per heavy atom. The molecule has 8 rings (SSSR count). The molecule has 0 aliphatic heterocycles. The maximum absolute atomic E-state index is 13.2. The topological polar surface area (TPSA) is 12.9 Å². The Morgan fingerprint density at radius 3 is 1.23 bits per heavy atom. The number of nitrogens with zero attached hydrogens (tertiary/aromatic N) is 1. The molecule has 1 heterocycles. The largest absolute Gasteiger partial charge is 2.00 e. The third kappa shape index (κ3) is 12.2. The van der Waals surface area contributed by atoms with Gasteiger partial charge in [-0.05, 0) is 70.9 Å². The van der Waals surface area contributed by atoms with Crippen LogP contribution in [0.15, 0.2) is 206 Å². The Hall–Kier alpha value is -4.12. The van der Waals surface area contributed by atoms with Gasteiger partial charge in [0, 0.05) is 17.8 Å². The Labute approximate surface area is 340 Å². The fraction of sp³-hybridized carbons (Fsp3) is 0. The van der Waals surface area contributed by atoms with Crippen molar-refractivity contribution < 1.29 is 46.9 Å². The van der Waals surface area contributed by atoms with Gasteiger partial charge in [-0.25, -0.2) is 12.1 Å². The normalized spacial score (nSPS) is 9.96. The summed E-state index contributed by atoms with van der Waals surface area (Å²) in [4.78, 5) is 3.95. The number of rotatable bonds is 7. The molecule has 0 spiro atoms. The van der Waals surface area contributed by atoms with E-state index in [2.05, 4.69) is 181 Å². The van der Waals surface area contributed by atoms with Crippen LogP contribution in [0.2, 0.25) is 0 Å². The summed E-state index contributed by atoms with van der Waals surface area (Å²) in [5.74, 6) is -1.29. The SMILES string of the molecule is Fc1c[c-]c(-c2ccccn2)c(F)c1.[CH3-].[Fe+2].[Pt+2].c1ccc([PH+](c2ccccc2)c2ccc[cH-]2)cc1.c1ccc([PH+](c2ccccc2)c2ccc[cH-]2)cc1. The van der Waals surface area contributed by atoms with Crippen molar-refractivity contribution in [1.29, 1.82) is 0 Å². The zero-order valence-corrected chi connectivity index (χ0v) is 34.4. The van der Waals surface area contributed by atoms with Crippen molar-refractivity contribution in [1.82, 2.24) is 4.98 Å². The summed E-state index contributed by atoms with van der Waals surface area (Å²) in [5.41, 5.74) is 0.636. The molecule has 0 radical (unpaired) electrons. The standard InChI is InChI=1S/2C17H14P.C11H6F2N.CH3.Fe.Pt/c2*1-3-9-15(10-4-1)18(17-13-7-8-14-17)16-11-5-2-6-12-16;12-8-4-5-9(10(13)7-8)11-3-1-2-6-14-11;;;/h2*1-14H;1-4,6-7H;1H3;;/q4*-1;2*+2/p+2. The molecular formula is C46H39F2FeNP2Pt+2. The maximum Gasteiger partial charge on any atom is 2.00 e. The fourth-order valence-corrected chi connectivity index (χ4v) is 10.8. The van der Waals surface area contributed by atoms with Gasteiger partial charge < -0.3 is 12.4 Å². The third-order valence-electron chi connectivity index (χ3n) is 7.93. The third-order valence-corrected chi connectivity index (χ3v) is 13.4. The molecule has 0 atom stereocenters. The van der Waals surface area contributed by atoms with E-state index in [0.717, 1.165) is 12.1 Å². The predicted molar refractivity (Wildman–Crippen MR) is 219 cm³/mol. The summed E-state index contributed by atoms with van der Waals surface area (Å²) in [6.07, 6.45) is 1.55. The van der Waals surface area contributed by atoms with Gasteiger partial charge in [-0.2, -0.15) is 24.3 Å². The Morgan fingerprint density at radius 1 is 0.509 bits per heavy atom. The zero-order valence-electron chi connectivity index (χ0n) is 29.0. The van der Waals surface area contributed by atoms with Crippen LogP contribution in [-0.4, -0.2) is 4.98 Å². The predicted octanol–water partition coefficient (Wildman–Crippen LogP) is 9.06. The van der Waals surface area contributed by atoms with Crippen LogP contribution in [0.4, 0.5) is 8.78 Å². The molecule has 1 aromatic heterocycles. The average Bonchev–Trinajstić information content (AvgIpc) is 3.91. The van der Waals surface area contributed by atoms with Crippen molar-refractivity contribution in [2.24, 2.45) is 0 Å². The van der Waals surface area contributed by atoms with Crippen LogP contribution in [0.1, 0.15) is 0 Å². The van der Waals surface area contributed by atoms with Gasteiger partial charge >= 0.3 is 38.1 Å². The fourth-order valence-electron chi connectivity index (χ4n) is 5.65. The van der Waals surface area contributed by atoms with Gasteiger partial charge in [0.15, 0.2) is 0 Å². The van der Waals surface area contributed by atoms with E-state index < -0.39 is 27.5 Å². The molecule has 8 aromatic rings. The average molecular weight is 957 g/mol. The zero-order chi connectivity index (χ0) is 34.4. The first-order chi connectivity index (χ1) is 24.7. The second kappa shape index (κ2) is 22.8. The van der Waals surface area contributed by atoms with Crippen LogP contribution >= 0.6 is 15.8 Å². The Kier molecular flexibility index (Phi) is 18.6. The molecule has 0 unspecified atom stereocenters. The van der Waals surface area contributed by atoms with E-state index in [0.29, 0.717) is 5.69 Å². The van der Waals surface area contributed by atoms with E-state index in [-0.39, 0.29) is 51.1 Å². The van der Waals surface area contributed by atoms with Crippen molar-refractivity contribution in [3.05, 3.63) is 232 Å². The first-order valence-electron chi connectivity index (χ1n) is 16.4. The van der Waals surface area contributed by atoms with Gasteiger partial charge in [0.05, 0.1) is 37.1 Å². The number of halogens is 2. The van der Waals surface area contributed by atoms with Crippen LogP contribution < -0.4 is 31.8 Å². The molecule has 7 aromatic carbocycles. The minimum Gasteiger partial charge on any atom is -0.358 e. The minimum absolute atomic E-state index is 0. The van der Waals surface area contributed by atoms with Crippen LogP contribution in [0, 0.1) is 25.1 Å². The molecule has 1 nitrogen and oxygen atoms in total. The van der Waals surface area contributed by atoms with Crippen molar-refractivity contribution in [2.75, 3.05) is 0 Å². The van der Waals surface area contributed by atoms with Gasteiger partial charge in [0.1, 0.15) is 0 Å². The van der Waals surface area contributed by atoms with Gasteiger partial charge in [0.25, 0.3) is 0 Å². The molecule has 0 fully saturated rings. The monoisotopic (exact) mass is 956 g/mol. The van der Waals surface area contributed by atoms with E-state index in [1.165, 1.54) is 31.8 Å². The molecule has 0 saturated heterocycles. The number of benzene rings is 5. The van der Waals surface area contributed by atoms with Crippen LogP contribution in [-0.2, 0) is 38.1 Å². The van der Waals surface area contributed by atoms with Gasteiger partial charge in [-0.3, -0.25) is 8.78 Å². The summed E-state index contributed by atoms with van der Waals surface area (Å²) in [6, 6.07) is 70.4. The van der Waals surface area contributed by atoms with Gasteiger partial charge in [-0.15, -0.1) is 24.3 Å². The number of aromatic nitrogens is 1. The molecule has 0 amide bonds. The molecule has 7 heteroatoms. The first kappa shape index (κ1) is 43.3. The number of pyridine rings is 1. The van der Waals surface area contributed by atoms with Gasteiger partial charge in [0.2, 0.25) is 0 Å². The molecular weight excluding hydrogens is 917 g/mol. The van der Waals surface area contributed by atoms with Crippen LogP contribution in [0.5, 0.6) is 0 Å². The first-order valence-corrected chi connectivity index (χ1v) is 19.4. The van der Waals surface area contributed by atoms with Crippen molar-refractivity contribution >= 4 is 47.7 Å². The molecule has 0 bridgehead atoms. The second-order valence-corrected chi connectivity index (χ2v) is 16.3. The molecule has 0 aliphatic rings. The number of hydrogen-bond acceptors (Lipinski definition) is 1. The van der Waals surface area contributed by atoms with Gasteiger partial charge in [-0.1, -0.05) is 96.6 Å². The van der Waals surface area contributed by atoms with Crippen molar-refractivity contribution in [2.45, 2.75) is 0 Å². The van der Waals surface area contributed by atoms with Crippen LogP contribution in [0.3, 0.4) is 0 Å². The molecule has 0 saturated carbocycles.